The number of hydrogen-bond donors (Lipinski definition) is 1. The highest BCUT2D eigenvalue weighted by atomic mass is 19.3. The van der Waals surface area contributed by atoms with Gasteiger partial charge in [0.15, 0.2) is 17.4 Å². The van der Waals surface area contributed by atoms with Gasteiger partial charge >= 0.3 is 6.55 Å². The molecule has 4 aromatic rings. The van der Waals surface area contributed by atoms with Gasteiger partial charge in [0, 0.05) is 55.9 Å². The first-order valence-electron chi connectivity index (χ1n) is 12.1. The summed E-state index contributed by atoms with van der Waals surface area (Å²) in [6.45, 7) is 1.51. The van der Waals surface area contributed by atoms with Crippen LogP contribution in [0.2, 0.25) is 0 Å². The Morgan fingerprint density at radius 2 is 1.84 bits per heavy atom. The Balaban J connectivity index is 1.44. The summed E-state index contributed by atoms with van der Waals surface area (Å²) in [7, 11) is 0. The zero-order valence-corrected chi connectivity index (χ0v) is 20.8. The molecule has 1 aliphatic heterocycles. The van der Waals surface area contributed by atoms with E-state index >= 15 is 0 Å². The normalized spacial score (nSPS) is 15.0. The fourth-order valence-corrected chi connectivity index (χ4v) is 4.45. The summed E-state index contributed by atoms with van der Waals surface area (Å²) in [5.74, 6) is -0.968. The molecule has 0 aliphatic carbocycles. The number of pyridine rings is 1. The Morgan fingerprint density at radius 3 is 2.50 bits per heavy atom. The van der Waals surface area contributed by atoms with Gasteiger partial charge in [-0.3, -0.25) is 4.98 Å². The number of nitrogens with zero attached hydrogens (tertiary/aromatic N) is 6. The summed E-state index contributed by atoms with van der Waals surface area (Å²) in [5.41, 5.74) is 1.42. The zero-order valence-electron chi connectivity index (χ0n) is 20.8. The predicted molar refractivity (Wildman–Crippen MR) is 132 cm³/mol. The zero-order chi connectivity index (χ0) is 27.0. The van der Waals surface area contributed by atoms with Crippen molar-refractivity contribution in [2.24, 2.45) is 0 Å². The number of piperidine rings is 1. The highest BCUT2D eigenvalue weighted by Crippen LogP contribution is 2.33. The minimum atomic E-state index is -2.80. The fraction of sp³-hybridized carbons (Fsp3) is 0.385. The minimum absolute atomic E-state index is 0.0108. The van der Waals surface area contributed by atoms with Crippen molar-refractivity contribution in [1.29, 1.82) is 0 Å². The van der Waals surface area contributed by atoms with Gasteiger partial charge in [0.1, 0.15) is 23.1 Å². The largest absolute Gasteiger partial charge is 0.487 e. The molecule has 1 aromatic carbocycles. The van der Waals surface area contributed by atoms with E-state index in [9.17, 15) is 22.7 Å². The molecule has 1 aliphatic rings. The van der Waals surface area contributed by atoms with E-state index in [2.05, 4.69) is 10.1 Å². The second kappa shape index (κ2) is 10.2. The lowest BCUT2D eigenvalue weighted by molar-refractivity contribution is 0.0566. The molecular weight excluding hydrogens is 504 g/mol. The van der Waals surface area contributed by atoms with Gasteiger partial charge in [-0.25, -0.2) is 23.4 Å². The van der Waals surface area contributed by atoms with Crippen molar-refractivity contribution in [1.82, 2.24) is 24.7 Å². The standard InChI is InChI=1S/C26H26F4N6O2/c1-26(2,37)11-17-10-20-21(13-31-17)34-24(23(33-20)15-12-32-36(14-15)25(29)30)35-7-5-18(6-8-35)38-22-4-3-16(27)9-19(22)28/h3-4,9-10,12-14,18,25,37H,5-8,11H2,1-2H3. The number of aliphatic hydroxyl groups is 1. The van der Waals surface area contributed by atoms with Crippen LogP contribution < -0.4 is 9.64 Å². The van der Waals surface area contributed by atoms with Crippen molar-refractivity contribution >= 4 is 16.9 Å². The second-order valence-corrected chi connectivity index (χ2v) is 9.92. The number of fused-ring (bicyclic) bond motifs is 1. The summed E-state index contributed by atoms with van der Waals surface area (Å²) >= 11 is 0. The molecule has 12 heteroatoms. The molecule has 0 spiro atoms. The van der Waals surface area contributed by atoms with E-state index in [1.54, 1.807) is 26.1 Å². The van der Waals surface area contributed by atoms with Crippen LogP contribution in [-0.4, -0.2) is 54.6 Å². The summed E-state index contributed by atoms with van der Waals surface area (Å²) in [6.07, 6.45) is 5.16. The molecule has 1 saturated heterocycles. The molecule has 8 nitrogen and oxygen atoms in total. The molecule has 38 heavy (non-hydrogen) atoms. The number of ether oxygens (including phenoxy) is 1. The van der Waals surface area contributed by atoms with Crippen LogP contribution in [0.4, 0.5) is 23.4 Å². The van der Waals surface area contributed by atoms with E-state index in [0.29, 0.717) is 70.8 Å². The molecule has 0 atom stereocenters. The quantitative estimate of drug-likeness (QED) is 0.339. The number of aromatic nitrogens is 5. The molecule has 1 N–H and O–H groups in total. The molecule has 3 aromatic heterocycles. The number of anilines is 1. The molecule has 0 saturated carbocycles. The Labute approximate surface area is 215 Å². The van der Waals surface area contributed by atoms with Crippen LogP contribution >= 0.6 is 0 Å². The highest BCUT2D eigenvalue weighted by molar-refractivity contribution is 5.83. The molecular formula is C26H26F4N6O2. The maximum Gasteiger partial charge on any atom is 0.333 e. The topological polar surface area (TPSA) is 89.2 Å². The van der Waals surface area contributed by atoms with Gasteiger partial charge in [0.2, 0.25) is 0 Å². The van der Waals surface area contributed by atoms with Gasteiger partial charge in [-0.1, -0.05) is 0 Å². The Kier molecular flexibility index (Phi) is 6.91. The van der Waals surface area contributed by atoms with Crippen molar-refractivity contribution in [3.05, 3.63) is 60.2 Å². The lowest BCUT2D eigenvalue weighted by Crippen LogP contribution is -2.39. The van der Waals surface area contributed by atoms with Gasteiger partial charge in [0.25, 0.3) is 0 Å². The van der Waals surface area contributed by atoms with E-state index < -0.39 is 23.8 Å². The lowest BCUT2D eigenvalue weighted by Gasteiger charge is -2.33. The summed E-state index contributed by atoms with van der Waals surface area (Å²) in [6, 6.07) is 4.92. The predicted octanol–water partition coefficient (Wildman–Crippen LogP) is 4.92. The van der Waals surface area contributed by atoms with Gasteiger partial charge in [-0.2, -0.15) is 13.9 Å². The third kappa shape index (κ3) is 5.69. The van der Waals surface area contributed by atoms with Gasteiger partial charge < -0.3 is 14.7 Å². The SMILES string of the molecule is CC(C)(O)Cc1cc2nc(-c3cnn(C(F)F)c3)c(N3CCC(Oc4ccc(F)cc4F)CC3)nc2cn1. The number of hydrogen-bond acceptors (Lipinski definition) is 7. The van der Waals surface area contributed by atoms with Crippen molar-refractivity contribution in [2.45, 2.75) is 51.4 Å². The maximum atomic E-state index is 14.0. The molecule has 0 radical (unpaired) electrons. The summed E-state index contributed by atoms with van der Waals surface area (Å²) < 4.78 is 60.1. The summed E-state index contributed by atoms with van der Waals surface area (Å²) in [4.78, 5) is 15.9. The first kappa shape index (κ1) is 25.8. The van der Waals surface area contributed by atoms with E-state index in [1.807, 2.05) is 4.90 Å². The van der Waals surface area contributed by atoms with Gasteiger partial charge in [-0.15, -0.1) is 0 Å². The molecule has 0 unspecified atom stereocenters. The monoisotopic (exact) mass is 530 g/mol. The Bertz CT molecular complexity index is 1450. The average molecular weight is 531 g/mol. The van der Waals surface area contributed by atoms with E-state index in [-0.39, 0.29) is 11.9 Å². The number of benzene rings is 1. The van der Waals surface area contributed by atoms with Crippen LogP contribution in [0.25, 0.3) is 22.3 Å². The lowest BCUT2D eigenvalue weighted by atomic mass is 10.0. The van der Waals surface area contributed by atoms with Gasteiger partial charge in [-0.05, 0) is 32.0 Å². The fourth-order valence-electron chi connectivity index (χ4n) is 4.45. The van der Waals surface area contributed by atoms with Crippen molar-refractivity contribution in [3.8, 4) is 17.0 Å². The first-order valence-corrected chi connectivity index (χ1v) is 12.1. The van der Waals surface area contributed by atoms with Crippen LogP contribution in [0, 0.1) is 11.6 Å². The third-order valence-corrected chi connectivity index (χ3v) is 6.21. The van der Waals surface area contributed by atoms with E-state index in [4.69, 9.17) is 14.7 Å². The Hall–Kier alpha value is -3.80. The molecule has 0 bridgehead atoms. The number of halogens is 4. The van der Waals surface area contributed by atoms with Crippen LogP contribution in [0.3, 0.4) is 0 Å². The van der Waals surface area contributed by atoms with Crippen LogP contribution in [0.1, 0.15) is 38.9 Å². The van der Waals surface area contributed by atoms with Crippen LogP contribution in [0.15, 0.2) is 42.9 Å². The highest BCUT2D eigenvalue weighted by Gasteiger charge is 2.27. The molecule has 0 amide bonds. The number of rotatable bonds is 7. The molecule has 4 heterocycles. The van der Waals surface area contributed by atoms with Crippen molar-refractivity contribution in [3.63, 3.8) is 0 Å². The van der Waals surface area contributed by atoms with Crippen molar-refractivity contribution < 1.29 is 27.4 Å². The van der Waals surface area contributed by atoms with Crippen molar-refractivity contribution in [2.75, 3.05) is 18.0 Å². The third-order valence-electron chi connectivity index (χ3n) is 6.21. The van der Waals surface area contributed by atoms with E-state index in [0.717, 1.165) is 12.1 Å². The summed E-state index contributed by atoms with van der Waals surface area (Å²) in [5, 5.41) is 13.9. The molecule has 200 valence electrons. The maximum absolute atomic E-state index is 14.0. The molecule has 5 rings (SSSR count). The van der Waals surface area contributed by atoms with Crippen LogP contribution in [0.5, 0.6) is 5.75 Å². The second-order valence-electron chi connectivity index (χ2n) is 9.92. The van der Waals surface area contributed by atoms with E-state index in [1.165, 1.54) is 18.5 Å². The van der Waals surface area contributed by atoms with Gasteiger partial charge in [0.05, 0.1) is 23.5 Å². The Morgan fingerprint density at radius 1 is 1.08 bits per heavy atom. The first-order chi connectivity index (χ1) is 18.1. The smallest absolute Gasteiger partial charge is 0.333 e. The molecule has 1 fully saturated rings. The minimum Gasteiger partial charge on any atom is -0.487 e. The average Bonchev–Trinajstić information content (AvgIpc) is 3.35. The number of alkyl halides is 2. The van der Waals surface area contributed by atoms with Crippen LogP contribution in [-0.2, 0) is 6.42 Å².